The average molecular weight is 311 g/mol. The topological polar surface area (TPSA) is 75.4 Å². The van der Waals surface area contributed by atoms with Crippen molar-refractivity contribution in [3.63, 3.8) is 0 Å². The molecule has 5 nitrogen and oxygen atoms in total. The summed E-state index contributed by atoms with van der Waals surface area (Å²) in [5, 5.41) is 0. The normalized spacial score (nSPS) is 16.7. The lowest BCUT2D eigenvalue weighted by molar-refractivity contribution is 0.250. The van der Waals surface area contributed by atoms with E-state index >= 15 is 0 Å². The number of rotatable bonds is 6. The highest BCUT2D eigenvalue weighted by Gasteiger charge is 2.22. The van der Waals surface area contributed by atoms with E-state index in [1.54, 1.807) is 25.1 Å². The third kappa shape index (κ3) is 3.96. The first kappa shape index (κ1) is 16.3. The van der Waals surface area contributed by atoms with Gasteiger partial charge in [-0.2, -0.15) is 0 Å². The van der Waals surface area contributed by atoms with Gasteiger partial charge in [-0.25, -0.2) is 13.1 Å². The Morgan fingerprint density at radius 2 is 2.00 bits per heavy atom. The predicted molar refractivity (Wildman–Crippen MR) is 85.7 cm³/mol. The molecule has 1 aromatic rings. The van der Waals surface area contributed by atoms with Gasteiger partial charge in [0.05, 0.1) is 5.69 Å². The number of hydrogen-bond donors (Lipinski definition) is 2. The van der Waals surface area contributed by atoms with Gasteiger partial charge in [-0.05, 0) is 38.4 Å². The van der Waals surface area contributed by atoms with Gasteiger partial charge in [0.25, 0.3) is 0 Å². The fraction of sp³-hybridized carbons (Fsp3) is 0.600. The summed E-state index contributed by atoms with van der Waals surface area (Å²) in [6.07, 6.45) is 4.99. The molecule has 0 bridgehead atoms. The van der Waals surface area contributed by atoms with Crippen LogP contribution in [0.3, 0.4) is 0 Å². The molecule has 118 valence electrons. The van der Waals surface area contributed by atoms with Crippen LogP contribution in [0.1, 0.15) is 31.2 Å². The number of sulfonamides is 1. The van der Waals surface area contributed by atoms with Crippen molar-refractivity contribution in [1.29, 1.82) is 0 Å². The van der Waals surface area contributed by atoms with Crippen molar-refractivity contribution in [2.45, 2.75) is 43.5 Å². The van der Waals surface area contributed by atoms with Crippen LogP contribution >= 0.6 is 0 Å². The minimum atomic E-state index is -3.54. The van der Waals surface area contributed by atoms with Crippen molar-refractivity contribution in [3.8, 4) is 0 Å². The Morgan fingerprint density at radius 1 is 1.33 bits per heavy atom. The molecule has 6 heteroatoms. The first-order valence-corrected chi connectivity index (χ1v) is 8.95. The molecule has 1 aliphatic carbocycles. The highest BCUT2D eigenvalue weighted by molar-refractivity contribution is 7.89. The van der Waals surface area contributed by atoms with Crippen LogP contribution in [0.15, 0.2) is 23.1 Å². The molecule has 0 amide bonds. The van der Waals surface area contributed by atoms with E-state index in [9.17, 15) is 8.42 Å². The molecule has 1 aliphatic rings. The van der Waals surface area contributed by atoms with Crippen LogP contribution in [0.25, 0.3) is 0 Å². The number of nitrogen functional groups attached to an aromatic ring is 1. The van der Waals surface area contributed by atoms with Gasteiger partial charge in [-0.1, -0.05) is 25.0 Å². The molecule has 1 fully saturated rings. The predicted octanol–water partition coefficient (Wildman–Crippen LogP) is 1.73. The second-order valence-electron chi connectivity index (χ2n) is 5.81. The summed E-state index contributed by atoms with van der Waals surface area (Å²) < 4.78 is 27.4. The van der Waals surface area contributed by atoms with Gasteiger partial charge in [0.2, 0.25) is 10.0 Å². The number of nitrogens with zero attached hydrogens (tertiary/aromatic N) is 1. The highest BCUT2D eigenvalue weighted by Crippen LogP contribution is 2.23. The monoisotopic (exact) mass is 311 g/mol. The molecule has 1 aromatic carbocycles. The van der Waals surface area contributed by atoms with Crippen molar-refractivity contribution in [2.24, 2.45) is 0 Å². The van der Waals surface area contributed by atoms with Gasteiger partial charge in [0.1, 0.15) is 4.90 Å². The van der Waals surface area contributed by atoms with Crippen LogP contribution in [-0.2, 0) is 10.0 Å². The summed E-state index contributed by atoms with van der Waals surface area (Å²) in [6.45, 7) is 2.88. The molecule has 3 N–H and O–H groups in total. The molecule has 0 atom stereocenters. The van der Waals surface area contributed by atoms with Crippen LogP contribution in [-0.4, -0.2) is 39.5 Å². The van der Waals surface area contributed by atoms with Gasteiger partial charge < -0.3 is 10.6 Å². The lowest BCUT2D eigenvalue weighted by Gasteiger charge is -2.24. The molecule has 0 heterocycles. The number of benzene rings is 1. The maximum atomic E-state index is 12.4. The van der Waals surface area contributed by atoms with Gasteiger partial charge in [-0.15, -0.1) is 0 Å². The Hall–Kier alpha value is -1.11. The molecule has 1 saturated carbocycles. The van der Waals surface area contributed by atoms with Crippen molar-refractivity contribution in [1.82, 2.24) is 9.62 Å². The van der Waals surface area contributed by atoms with Gasteiger partial charge in [-0.3, -0.25) is 0 Å². The van der Waals surface area contributed by atoms with Crippen LogP contribution in [0.2, 0.25) is 0 Å². The Balaban J connectivity index is 1.95. The van der Waals surface area contributed by atoms with E-state index in [1.807, 2.05) is 0 Å². The number of aryl methyl sites for hydroxylation is 1. The molecule has 21 heavy (non-hydrogen) atoms. The lowest BCUT2D eigenvalue weighted by Crippen LogP contribution is -2.37. The molecule has 0 unspecified atom stereocenters. The Bertz CT molecular complexity index is 560. The van der Waals surface area contributed by atoms with E-state index in [4.69, 9.17) is 5.73 Å². The number of anilines is 1. The van der Waals surface area contributed by atoms with E-state index in [2.05, 4.69) is 16.7 Å². The first-order chi connectivity index (χ1) is 9.92. The standard InChI is InChI=1S/C15H25N3O2S/c1-12-6-5-9-14(16)15(12)21(19,20)17-10-11-18(2)13-7-3-4-8-13/h5-6,9,13,17H,3-4,7-8,10-11,16H2,1-2H3. The van der Waals surface area contributed by atoms with Crippen molar-refractivity contribution in [2.75, 3.05) is 25.9 Å². The molecular formula is C15H25N3O2S. The molecule has 0 spiro atoms. The molecule has 0 aromatic heterocycles. The van der Waals surface area contributed by atoms with E-state index in [0.717, 1.165) is 6.54 Å². The van der Waals surface area contributed by atoms with E-state index < -0.39 is 10.0 Å². The quantitative estimate of drug-likeness (QED) is 0.785. The van der Waals surface area contributed by atoms with E-state index in [0.29, 0.717) is 23.8 Å². The summed E-state index contributed by atoms with van der Waals surface area (Å²) >= 11 is 0. The summed E-state index contributed by atoms with van der Waals surface area (Å²) in [5.41, 5.74) is 6.78. The minimum absolute atomic E-state index is 0.202. The lowest BCUT2D eigenvalue weighted by atomic mass is 10.2. The SMILES string of the molecule is Cc1cccc(N)c1S(=O)(=O)NCCN(C)C1CCCC1. The van der Waals surface area contributed by atoms with Crippen molar-refractivity contribution >= 4 is 15.7 Å². The van der Waals surface area contributed by atoms with Gasteiger partial charge in [0, 0.05) is 19.1 Å². The van der Waals surface area contributed by atoms with Crippen molar-refractivity contribution < 1.29 is 8.42 Å². The molecule has 0 saturated heterocycles. The highest BCUT2D eigenvalue weighted by atomic mass is 32.2. The van der Waals surface area contributed by atoms with Gasteiger partial charge in [0.15, 0.2) is 0 Å². The Morgan fingerprint density at radius 3 is 2.62 bits per heavy atom. The zero-order valence-electron chi connectivity index (χ0n) is 12.8. The summed E-state index contributed by atoms with van der Waals surface area (Å²) in [4.78, 5) is 2.45. The molecular weight excluding hydrogens is 286 g/mol. The molecule has 0 aliphatic heterocycles. The second kappa shape index (κ2) is 6.77. The summed E-state index contributed by atoms with van der Waals surface area (Å²) in [6, 6.07) is 5.73. The van der Waals surface area contributed by atoms with Crippen LogP contribution in [0, 0.1) is 6.92 Å². The molecule has 0 radical (unpaired) electrons. The number of hydrogen-bond acceptors (Lipinski definition) is 4. The first-order valence-electron chi connectivity index (χ1n) is 7.47. The van der Waals surface area contributed by atoms with Crippen LogP contribution in [0.4, 0.5) is 5.69 Å². The maximum Gasteiger partial charge on any atom is 0.242 e. The zero-order valence-corrected chi connectivity index (χ0v) is 13.6. The van der Waals surface area contributed by atoms with Crippen molar-refractivity contribution in [3.05, 3.63) is 23.8 Å². The second-order valence-corrected chi connectivity index (χ2v) is 7.51. The van der Waals surface area contributed by atoms with Gasteiger partial charge >= 0.3 is 0 Å². The van der Waals surface area contributed by atoms with E-state index in [-0.39, 0.29) is 4.90 Å². The molecule has 2 rings (SSSR count). The Kier molecular flexibility index (Phi) is 5.24. The van der Waals surface area contributed by atoms with E-state index in [1.165, 1.54) is 25.7 Å². The number of likely N-dealkylation sites (N-methyl/N-ethyl adjacent to an activating group) is 1. The third-order valence-corrected chi connectivity index (χ3v) is 5.90. The summed E-state index contributed by atoms with van der Waals surface area (Å²) in [7, 11) is -1.48. The fourth-order valence-corrected chi connectivity index (χ4v) is 4.37. The average Bonchev–Trinajstić information content (AvgIpc) is 2.91. The fourth-order valence-electron chi connectivity index (χ4n) is 3.00. The summed E-state index contributed by atoms with van der Waals surface area (Å²) in [5.74, 6) is 0. The number of nitrogens with one attached hydrogen (secondary N) is 1. The minimum Gasteiger partial charge on any atom is -0.398 e. The van der Waals surface area contributed by atoms with Crippen LogP contribution < -0.4 is 10.5 Å². The zero-order chi connectivity index (χ0) is 15.5. The maximum absolute atomic E-state index is 12.4. The Labute approximate surface area is 127 Å². The largest absolute Gasteiger partial charge is 0.398 e. The third-order valence-electron chi connectivity index (χ3n) is 4.22. The smallest absolute Gasteiger partial charge is 0.242 e. The van der Waals surface area contributed by atoms with Crippen LogP contribution in [0.5, 0.6) is 0 Å². The number of nitrogens with two attached hydrogens (primary N) is 1.